The van der Waals surface area contributed by atoms with Gasteiger partial charge in [0.1, 0.15) is 0 Å². The Hall–Kier alpha value is -1.72. The van der Waals surface area contributed by atoms with Crippen LogP contribution in [0.15, 0.2) is 35.0 Å². The molecule has 1 aromatic carbocycles. The average Bonchev–Trinajstić information content (AvgIpc) is 2.75. The standard InChI is InChI=1S/C11H6ClN3OS/c12-7-3-1-6(2-4-7)9-15-8-10(16-9)13-5-14-11(8)17/h1-5H,(H,13,14,17). The quantitative estimate of drug-likeness (QED) is 0.682. The number of benzene rings is 1. The SMILES string of the molecule is S=c1nc[nH]c2oc(-c3ccc(Cl)cc3)nc12. The summed E-state index contributed by atoms with van der Waals surface area (Å²) in [4.78, 5) is 11.1. The molecule has 0 fully saturated rings. The maximum absolute atomic E-state index is 5.82. The van der Waals surface area contributed by atoms with Gasteiger partial charge in [0.05, 0.1) is 6.33 Å². The monoisotopic (exact) mass is 263 g/mol. The van der Waals surface area contributed by atoms with Gasteiger partial charge >= 0.3 is 0 Å². The van der Waals surface area contributed by atoms with E-state index in [1.54, 1.807) is 12.1 Å². The average molecular weight is 264 g/mol. The van der Waals surface area contributed by atoms with Crippen molar-refractivity contribution in [1.29, 1.82) is 0 Å². The molecule has 0 aliphatic carbocycles. The Bertz CT molecular complexity index is 732. The first kappa shape index (κ1) is 10.4. The highest BCUT2D eigenvalue weighted by molar-refractivity contribution is 7.71. The minimum absolute atomic E-state index is 0.419. The van der Waals surface area contributed by atoms with Gasteiger partial charge in [-0.25, -0.2) is 9.97 Å². The van der Waals surface area contributed by atoms with Gasteiger partial charge in [0.15, 0.2) is 10.2 Å². The third kappa shape index (κ3) is 1.83. The van der Waals surface area contributed by atoms with Gasteiger partial charge in [0.25, 0.3) is 0 Å². The molecule has 3 rings (SSSR count). The molecule has 0 amide bonds. The summed E-state index contributed by atoms with van der Waals surface area (Å²) in [6.45, 7) is 0. The first-order chi connectivity index (χ1) is 8.24. The second-order valence-electron chi connectivity index (χ2n) is 3.41. The predicted octanol–water partition coefficient (Wildman–Crippen LogP) is 3.60. The fraction of sp³-hybridized carbons (Fsp3) is 0. The van der Waals surface area contributed by atoms with E-state index in [9.17, 15) is 0 Å². The Kier molecular flexibility index (Phi) is 2.42. The van der Waals surface area contributed by atoms with Crippen molar-refractivity contribution < 1.29 is 4.42 Å². The van der Waals surface area contributed by atoms with Gasteiger partial charge in [-0.2, -0.15) is 0 Å². The maximum atomic E-state index is 5.82. The summed E-state index contributed by atoms with van der Waals surface area (Å²) in [5.74, 6) is 0.493. The van der Waals surface area contributed by atoms with Gasteiger partial charge in [-0.05, 0) is 24.3 Å². The zero-order valence-corrected chi connectivity index (χ0v) is 10.0. The number of rotatable bonds is 1. The van der Waals surface area contributed by atoms with Crippen LogP contribution in [-0.2, 0) is 0 Å². The van der Waals surface area contributed by atoms with E-state index in [4.69, 9.17) is 28.2 Å². The third-order valence-corrected chi connectivity index (χ3v) is 2.85. The van der Waals surface area contributed by atoms with E-state index in [0.29, 0.717) is 26.8 Å². The summed E-state index contributed by atoms with van der Waals surface area (Å²) >= 11 is 10.9. The van der Waals surface area contributed by atoms with Gasteiger partial charge in [-0.15, -0.1) is 0 Å². The maximum Gasteiger partial charge on any atom is 0.229 e. The lowest BCUT2D eigenvalue weighted by molar-refractivity contribution is 0.607. The lowest BCUT2D eigenvalue weighted by atomic mass is 10.2. The minimum atomic E-state index is 0.419. The van der Waals surface area contributed by atoms with Gasteiger partial charge < -0.3 is 9.40 Å². The molecule has 0 unspecified atom stereocenters. The topological polar surface area (TPSA) is 54.7 Å². The fourth-order valence-corrected chi connectivity index (χ4v) is 1.81. The van der Waals surface area contributed by atoms with Crippen molar-refractivity contribution >= 4 is 35.0 Å². The van der Waals surface area contributed by atoms with Crippen molar-refractivity contribution in [2.45, 2.75) is 0 Å². The molecule has 3 aromatic rings. The Morgan fingerprint density at radius 1 is 1.24 bits per heavy atom. The van der Waals surface area contributed by atoms with Crippen LogP contribution in [-0.4, -0.2) is 15.0 Å². The Morgan fingerprint density at radius 3 is 2.71 bits per heavy atom. The Morgan fingerprint density at radius 2 is 2.00 bits per heavy atom. The number of nitrogens with zero attached hydrogens (tertiary/aromatic N) is 2. The highest BCUT2D eigenvalue weighted by Gasteiger charge is 2.09. The van der Waals surface area contributed by atoms with E-state index in [1.165, 1.54) is 6.33 Å². The molecular weight excluding hydrogens is 258 g/mol. The van der Waals surface area contributed by atoms with Crippen LogP contribution in [0.5, 0.6) is 0 Å². The van der Waals surface area contributed by atoms with E-state index in [-0.39, 0.29) is 0 Å². The van der Waals surface area contributed by atoms with Crippen LogP contribution in [0.3, 0.4) is 0 Å². The minimum Gasteiger partial charge on any atom is -0.420 e. The summed E-state index contributed by atoms with van der Waals surface area (Å²) in [7, 11) is 0. The van der Waals surface area contributed by atoms with E-state index >= 15 is 0 Å². The molecule has 0 saturated heterocycles. The lowest BCUT2D eigenvalue weighted by Crippen LogP contribution is -1.79. The van der Waals surface area contributed by atoms with Crippen LogP contribution in [0.4, 0.5) is 0 Å². The molecule has 0 aliphatic heterocycles. The number of fused-ring (bicyclic) bond motifs is 1. The molecule has 0 saturated carbocycles. The molecule has 6 heteroatoms. The Labute approximate surface area is 106 Å². The van der Waals surface area contributed by atoms with Crippen LogP contribution in [0.2, 0.25) is 5.02 Å². The lowest BCUT2D eigenvalue weighted by Gasteiger charge is -1.93. The predicted molar refractivity (Wildman–Crippen MR) is 67.4 cm³/mol. The van der Waals surface area contributed by atoms with Crippen molar-refractivity contribution in [2.24, 2.45) is 0 Å². The molecule has 84 valence electrons. The van der Waals surface area contributed by atoms with Crippen LogP contribution in [0.25, 0.3) is 22.7 Å². The molecular formula is C11H6ClN3OS. The number of nitrogens with one attached hydrogen (secondary N) is 1. The molecule has 2 aromatic heterocycles. The molecule has 0 atom stereocenters. The molecule has 0 radical (unpaired) electrons. The highest BCUT2D eigenvalue weighted by Crippen LogP contribution is 2.24. The number of aromatic nitrogens is 3. The fourth-order valence-electron chi connectivity index (χ4n) is 1.49. The van der Waals surface area contributed by atoms with Gasteiger partial charge in [-0.1, -0.05) is 23.8 Å². The van der Waals surface area contributed by atoms with Crippen molar-refractivity contribution in [3.63, 3.8) is 0 Å². The summed E-state index contributed by atoms with van der Waals surface area (Å²) in [6.07, 6.45) is 1.49. The number of halogens is 1. The molecule has 2 heterocycles. The summed E-state index contributed by atoms with van der Waals surface area (Å²) in [6, 6.07) is 7.23. The van der Waals surface area contributed by atoms with E-state index in [0.717, 1.165) is 5.56 Å². The van der Waals surface area contributed by atoms with Crippen LogP contribution < -0.4 is 0 Å². The summed E-state index contributed by atoms with van der Waals surface area (Å²) in [5.41, 5.74) is 1.93. The number of hydrogen-bond donors (Lipinski definition) is 1. The van der Waals surface area contributed by atoms with Crippen LogP contribution in [0, 0.1) is 4.64 Å². The number of hydrogen-bond acceptors (Lipinski definition) is 4. The highest BCUT2D eigenvalue weighted by atomic mass is 35.5. The third-order valence-electron chi connectivity index (χ3n) is 2.30. The molecule has 1 N–H and O–H groups in total. The van der Waals surface area contributed by atoms with Crippen LogP contribution in [0.1, 0.15) is 0 Å². The zero-order valence-electron chi connectivity index (χ0n) is 8.48. The van der Waals surface area contributed by atoms with Crippen molar-refractivity contribution in [2.75, 3.05) is 0 Å². The smallest absolute Gasteiger partial charge is 0.229 e. The van der Waals surface area contributed by atoms with E-state index in [2.05, 4.69) is 15.0 Å². The normalized spacial score (nSPS) is 10.9. The number of aromatic amines is 1. The first-order valence-corrected chi connectivity index (χ1v) is 5.63. The first-order valence-electron chi connectivity index (χ1n) is 4.84. The largest absolute Gasteiger partial charge is 0.420 e. The summed E-state index contributed by atoms with van der Waals surface area (Å²) < 4.78 is 5.98. The van der Waals surface area contributed by atoms with Crippen molar-refractivity contribution in [3.8, 4) is 11.5 Å². The Balaban J connectivity index is 2.21. The number of H-pyrrole nitrogens is 1. The molecule has 17 heavy (non-hydrogen) atoms. The molecule has 0 bridgehead atoms. The van der Waals surface area contributed by atoms with Gasteiger partial charge in [0.2, 0.25) is 11.6 Å². The van der Waals surface area contributed by atoms with Crippen molar-refractivity contribution in [1.82, 2.24) is 15.0 Å². The van der Waals surface area contributed by atoms with E-state index in [1.807, 2.05) is 12.1 Å². The van der Waals surface area contributed by atoms with E-state index < -0.39 is 0 Å². The van der Waals surface area contributed by atoms with Gasteiger partial charge in [-0.3, -0.25) is 0 Å². The van der Waals surface area contributed by atoms with Crippen molar-refractivity contribution in [3.05, 3.63) is 40.3 Å². The molecule has 0 aliphatic rings. The van der Waals surface area contributed by atoms with Gasteiger partial charge in [0, 0.05) is 10.6 Å². The zero-order chi connectivity index (χ0) is 11.8. The molecule has 0 spiro atoms. The number of oxazole rings is 1. The molecule has 4 nitrogen and oxygen atoms in total. The second-order valence-corrected chi connectivity index (χ2v) is 4.23. The van der Waals surface area contributed by atoms with Crippen LogP contribution >= 0.6 is 23.8 Å². The summed E-state index contributed by atoms with van der Waals surface area (Å²) in [5, 5.41) is 0.669. The second kappa shape index (κ2) is 3.94.